The van der Waals surface area contributed by atoms with Crippen LogP contribution in [0.2, 0.25) is 5.02 Å². The van der Waals surface area contributed by atoms with Crippen LogP contribution in [0, 0.1) is 0 Å². The number of halogens is 1. The van der Waals surface area contributed by atoms with Gasteiger partial charge in [-0.3, -0.25) is 9.59 Å². The van der Waals surface area contributed by atoms with E-state index in [-0.39, 0.29) is 34.6 Å². The molecule has 0 aliphatic carbocycles. The molecule has 0 aromatic heterocycles. The lowest BCUT2D eigenvalue weighted by atomic mass is 10.1. The van der Waals surface area contributed by atoms with Crippen LogP contribution in [-0.4, -0.2) is 38.3 Å². The molecule has 0 saturated heterocycles. The molecular weight excluding hydrogens is 420 g/mol. The highest BCUT2D eigenvalue weighted by Crippen LogP contribution is 2.33. The fraction of sp³-hybridized carbons (Fsp3) is 0.263. The largest absolute Gasteiger partial charge is 0.356 e. The predicted octanol–water partition coefficient (Wildman–Crippen LogP) is 2.91. The second kappa shape index (κ2) is 8.98. The van der Waals surface area contributed by atoms with Crippen molar-refractivity contribution < 1.29 is 18.0 Å². The quantitative estimate of drug-likeness (QED) is 0.693. The lowest BCUT2D eigenvalue weighted by Crippen LogP contribution is -2.27. The van der Waals surface area contributed by atoms with Crippen LogP contribution in [0.1, 0.15) is 12.0 Å². The Labute approximate surface area is 173 Å². The van der Waals surface area contributed by atoms with Gasteiger partial charge in [0.1, 0.15) is 0 Å². The SMILES string of the molecule is O=C(CCS(=O)(=O)c1ccc2c(c1)SCC(=O)N2)NCCc1ccc(Cl)cc1. The zero-order valence-corrected chi connectivity index (χ0v) is 17.3. The van der Waals surface area contributed by atoms with E-state index in [9.17, 15) is 18.0 Å². The standard InChI is InChI=1S/C19H19ClN2O4S2/c20-14-3-1-13(2-4-14)7-9-21-18(23)8-10-28(25,26)15-5-6-16-17(11-15)27-12-19(24)22-16/h1-6,11H,7-10,12H2,(H,21,23)(H,22,24). The van der Waals surface area contributed by atoms with Gasteiger partial charge in [0.2, 0.25) is 11.8 Å². The molecular formula is C19H19ClN2O4S2. The smallest absolute Gasteiger partial charge is 0.234 e. The first-order chi connectivity index (χ1) is 13.3. The average molecular weight is 439 g/mol. The summed E-state index contributed by atoms with van der Waals surface area (Å²) in [5.74, 6) is -0.428. The summed E-state index contributed by atoms with van der Waals surface area (Å²) in [5, 5.41) is 6.09. The molecule has 2 amide bonds. The van der Waals surface area contributed by atoms with Crippen molar-refractivity contribution in [1.82, 2.24) is 5.32 Å². The van der Waals surface area contributed by atoms with Crippen LogP contribution in [0.3, 0.4) is 0 Å². The van der Waals surface area contributed by atoms with E-state index in [1.807, 2.05) is 12.1 Å². The van der Waals surface area contributed by atoms with E-state index < -0.39 is 9.84 Å². The van der Waals surface area contributed by atoms with Gasteiger partial charge in [-0.2, -0.15) is 0 Å². The van der Waals surface area contributed by atoms with Crippen molar-refractivity contribution in [2.24, 2.45) is 0 Å². The topological polar surface area (TPSA) is 92.3 Å². The molecule has 1 aliphatic rings. The second-order valence-electron chi connectivity index (χ2n) is 6.29. The summed E-state index contributed by atoms with van der Waals surface area (Å²) in [6.45, 7) is 0.426. The fourth-order valence-corrected chi connectivity index (χ4v) is 4.99. The fourth-order valence-electron chi connectivity index (χ4n) is 2.68. The first kappa shape index (κ1) is 20.7. The number of hydrogen-bond donors (Lipinski definition) is 2. The third kappa shape index (κ3) is 5.50. The maximum absolute atomic E-state index is 12.5. The molecule has 3 rings (SSSR count). The summed E-state index contributed by atoms with van der Waals surface area (Å²) in [7, 11) is -3.59. The molecule has 2 N–H and O–H groups in total. The Morgan fingerprint density at radius 3 is 2.68 bits per heavy atom. The Morgan fingerprint density at radius 2 is 1.93 bits per heavy atom. The Balaban J connectivity index is 1.51. The van der Waals surface area contributed by atoms with Crippen LogP contribution in [-0.2, 0) is 25.8 Å². The minimum Gasteiger partial charge on any atom is -0.356 e. The number of benzene rings is 2. The number of rotatable bonds is 7. The van der Waals surface area contributed by atoms with Gasteiger partial charge >= 0.3 is 0 Å². The van der Waals surface area contributed by atoms with Gasteiger partial charge < -0.3 is 10.6 Å². The first-order valence-electron chi connectivity index (χ1n) is 8.64. The number of nitrogens with one attached hydrogen (secondary N) is 2. The van der Waals surface area contributed by atoms with E-state index in [1.54, 1.807) is 24.3 Å². The Hall–Kier alpha value is -2.03. The molecule has 0 saturated carbocycles. The highest BCUT2D eigenvalue weighted by atomic mass is 35.5. The summed E-state index contributed by atoms with van der Waals surface area (Å²) in [6.07, 6.45) is 0.535. The van der Waals surface area contributed by atoms with Gasteiger partial charge in [-0.25, -0.2) is 8.42 Å². The minimum atomic E-state index is -3.59. The molecule has 9 heteroatoms. The molecule has 2 aromatic rings. The molecule has 1 heterocycles. The third-order valence-electron chi connectivity index (χ3n) is 4.19. The molecule has 28 heavy (non-hydrogen) atoms. The van der Waals surface area contributed by atoms with Crippen LogP contribution in [0.4, 0.5) is 5.69 Å². The molecule has 0 radical (unpaired) electrons. The Kier molecular flexibility index (Phi) is 6.64. The molecule has 6 nitrogen and oxygen atoms in total. The van der Waals surface area contributed by atoms with Gasteiger partial charge in [0.05, 0.1) is 22.1 Å². The predicted molar refractivity (Wildman–Crippen MR) is 111 cm³/mol. The number of hydrogen-bond acceptors (Lipinski definition) is 5. The number of thioether (sulfide) groups is 1. The summed E-state index contributed by atoms with van der Waals surface area (Å²) >= 11 is 7.13. The Morgan fingerprint density at radius 1 is 1.18 bits per heavy atom. The average Bonchev–Trinajstić information content (AvgIpc) is 2.67. The van der Waals surface area contributed by atoms with E-state index in [1.165, 1.54) is 17.8 Å². The van der Waals surface area contributed by atoms with Gasteiger partial charge in [0.25, 0.3) is 0 Å². The van der Waals surface area contributed by atoms with E-state index in [4.69, 9.17) is 11.6 Å². The number of amides is 2. The Bertz CT molecular complexity index is 991. The van der Waals surface area contributed by atoms with Crippen LogP contribution in [0.5, 0.6) is 0 Å². The molecule has 0 spiro atoms. The van der Waals surface area contributed by atoms with Gasteiger partial charge in [-0.1, -0.05) is 23.7 Å². The van der Waals surface area contributed by atoms with E-state index >= 15 is 0 Å². The zero-order valence-electron chi connectivity index (χ0n) is 14.9. The molecule has 0 unspecified atom stereocenters. The number of sulfone groups is 1. The number of fused-ring (bicyclic) bond motifs is 1. The van der Waals surface area contributed by atoms with Gasteiger partial charge in [0.15, 0.2) is 9.84 Å². The van der Waals surface area contributed by atoms with Crippen molar-refractivity contribution in [3.05, 3.63) is 53.1 Å². The first-order valence-corrected chi connectivity index (χ1v) is 11.7. The zero-order chi connectivity index (χ0) is 20.1. The maximum Gasteiger partial charge on any atom is 0.234 e. The van der Waals surface area contributed by atoms with Crippen molar-refractivity contribution in [3.63, 3.8) is 0 Å². The van der Waals surface area contributed by atoms with Crippen molar-refractivity contribution in [1.29, 1.82) is 0 Å². The molecule has 0 atom stereocenters. The molecule has 1 aliphatic heterocycles. The van der Waals surface area contributed by atoms with Gasteiger partial charge in [0, 0.05) is 22.9 Å². The van der Waals surface area contributed by atoms with Crippen molar-refractivity contribution in [2.45, 2.75) is 22.6 Å². The molecule has 0 fully saturated rings. The van der Waals surface area contributed by atoms with E-state index in [0.29, 0.717) is 28.6 Å². The lowest BCUT2D eigenvalue weighted by Gasteiger charge is -2.17. The van der Waals surface area contributed by atoms with Gasteiger partial charge in [-0.15, -0.1) is 11.8 Å². The summed E-state index contributed by atoms with van der Waals surface area (Å²) < 4.78 is 25.0. The summed E-state index contributed by atoms with van der Waals surface area (Å²) in [6, 6.07) is 11.9. The summed E-state index contributed by atoms with van der Waals surface area (Å²) in [5.41, 5.74) is 1.65. The second-order valence-corrected chi connectivity index (χ2v) is 9.85. The van der Waals surface area contributed by atoms with Crippen molar-refractivity contribution in [2.75, 3.05) is 23.4 Å². The maximum atomic E-state index is 12.5. The summed E-state index contributed by atoms with van der Waals surface area (Å²) in [4.78, 5) is 24.2. The van der Waals surface area contributed by atoms with Gasteiger partial charge in [-0.05, 0) is 42.3 Å². The highest BCUT2D eigenvalue weighted by molar-refractivity contribution is 8.00. The van der Waals surface area contributed by atoms with E-state index in [2.05, 4.69) is 10.6 Å². The molecule has 2 aromatic carbocycles. The number of anilines is 1. The van der Waals surface area contributed by atoms with Crippen LogP contribution in [0.25, 0.3) is 0 Å². The van der Waals surface area contributed by atoms with Crippen molar-refractivity contribution >= 4 is 50.7 Å². The normalized spacial score (nSPS) is 13.5. The third-order valence-corrected chi connectivity index (χ3v) is 7.21. The molecule has 148 valence electrons. The molecule has 0 bridgehead atoms. The monoisotopic (exact) mass is 438 g/mol. The van der Waals surface area contributed by atoms with E-state index in [0.717, 1.165) is 5.56 Å². The number of carbonyl (C=O) groups is 2. The van der Waals surface area contributed by atoms with Crippen LogP contribution < -0.4 is 10.6 Å². The minimum absolute atomic E-state index is 0.107. The van der Waals surface area contributed by atoms with Crippen LogP contribution in [0.15, 0.2) is 52.3 Å². The number of carbonyl (C=O) groups excluding carboxylic acids is 2. The van der Waals surface area contributed by atoms with Crippen molar-refractivity contribution in [3.8, 4) is 0 Å². The highest BCUT2D eigenvalue weighted by Gasteiger charge is 2.21. The van der Waals surface area contributed by atoms with Crippen LogP contribution >= 0.6 is 23.4 Å². The lowest BCUT2D eigenvalue weighted by molar-refractivity contribution is -0.120.